The van der Waals surface area contributed by atoms with Gasteiger partial charge in [0.25, 0.3) is 0 Å². The van der Waals surface area contributed by atoms with Crippen molar-refractivity contribution in [3.63, 3.8) is 0 Å². The average molecular weight is 1130 g/mol. The molecule has 1 unspecified atom stereocenters. The van der Waals surface area contributed by atoms with Crippen LogP contribution in [0, 0.1) is 0 Å². The molecule has 9 aromatic rings. The van der Waals surface area contributed by atoms with Crippen LogP contribution in [0.3, 0.4) is 0 Å². The summed E-state index contributed by atoms with van der Waals surface area (Å²) in [5.41, 5.74) is 14.3. The van der Waals surface area contributed by atoms with Gasteiger partial charge in [0.15, 0.2) is 11.4 Å². The molecule has 9 heteroatoms. The van der Waals surface area contributed by atoms with Crippen LogP contribution >= 0.6 is 0 Å². The van der Waals surface area contributed by atoms with Crippen LogP contribution in [-0.4, -0.2) is 72.0 Å². The second-order valence-corrected chi connectivity index (χ2v) is 23.7. The third-order valence-electron chi connectivity index (χ3n) is 18.2. The molecule has 9 nitrogen and oxygen atoms in total. The number of nitrogens with zero attached hydrogens (tertiary/aromatic N) is 4. The summed E-state index contributed by atoms with van der Waals surface area (Å²) in [5, 5.41) is 2.10. The number of para-hydroxylation sites is 1. The van der Waals surface area contributed by atoms with Crippen LogP contribution in [-0.2, 0) is 11.0 Å². The number of ether oxygens (including phenoxy) is 4. The molecule has 0 bridgehead atoms. The molecule has 2 saturated heterocycles. The van der Waals surface area contributed by atoms with Gasteiger partial charge in [-0.3, -0.25) is 0 Å². The molecule has 0 aromatic heterocycles. The van der Waals surface area contributed by atoms with Gasteiger partial charge in [-0.1, -0.05) is 168 Å². The fraction of sp³-hybridized carbons (Fsp3) is 0.276. The second-order valence-electron chi connectivity index (χ2n) is 23.7. The van der Waals surface area contributed by atoms with E-state index in [1.165, 1.54) is 65.7 Å². The lowest BCUT2D eigenvalue weighted by Gasteiger charge is -2.40. The first kappa shape index (κ1) is 55.3. The van der Waals surface area contributed by atoms with Crippen LogP contribution in [0.5, 0.6) is 23.0 Å². The van der Waals surface area contributed by atoms with Crippen molar-refractivity contribution in [2.24, 2.45) is 0 Å². The van der Waals surface area contributed by atoms with E-state index in [0.717, 1.165) is 133 Å². The van der Waals surface area contributed by atoms with Gasteiger partial charge >= 0.3 is 5.97 Å². The lowest BCUT2D eigenvalue weighted by molar-refractivity contribution is 0.0734. The smallest absolute Gasteiger partial charge is 0.343 e. The molecular formula is C76H76N4O5. The predicted octanol–water partition coefficient (Wildman–Crippen LogP) is 16.8. The van der Waals surface area contributed by atoms with Crippen LogP contribution < -0.4 is 38.5 Å². The molecule has 85 heavy (non-hydrogen) atoms. The van der Waals surface area contributed by atoms with Gasteiger partial charge in [0.2, 0.25) is 0 Å². The normalized spacial score (nSPS) is 16.8. The van der Waals surface area contributed by atoms with Gasteiger partial charge in [-0.2, -0.15) is 0 Å². The van der Waals surface area contributed by atoms with E-state index >= 15 is 0 Å². The third-order valence-corrected chi connectivity index (χ3v) is 18.2. The van der Waals surface area contributed by atoms with Gasteiger partial charge < -0.3 is 38.5 Å². The van der Waals surface area contributed by atoms with Crippen molar-refractivity contribution >= 4 is 45.6 Å². The van der Waals surface area contributed by atoms with Gasteiger partial charge in [0, 0.05) is 102 Å². The van der Waals surface area contributed by atoms with E-state index in [1.54, 1.807) is 0 Å². The van der Waals surface area contributed by atoms with Gasteiger partial charge in [-0.25, -0.2) is 4.79 Å². The zero-order valence-corrected chi connectivity index (χ0v) is 49.6. The first-order valence-electron chi connectivity index (χ1n) is 30.8. The van der Waals surface area contributed by atoms with E-state index < -0.39 is 5.60 Å². The average Bonchev–Trinajstić information content (AvgIpc) is 1.75. The van der Waals surface area contributed by atoms with Crippen LogP contribution in [0.25, 0.3) is 39.1 Å². The molecule has 1 aliphatic carbocycles. The lowest BCUT2D eigenvalue weighted by atomic mass is 9.76. The maximum Gasteiger partial charge on any atom is 0.343 e. The molecule has 0 saturated carbocycles. The number of carbonyl (C=O) groups excluding carboxylic acids is 1. The summed E-state index contributed by atoms with van der Waals surface area (Å²) >= 11 is 0. The first-order valence-corrected chi connectivity index (χ1v) is 30.8. The molecule has 4 aliphatic rings. The number of fused-ring (bicyclic) bond motifs is 8. The Labute approximate surface area is 501 Å². The maximum absolute atomic E-state index is 13.4. The van der Waals surface area contributed by atoms with Gasteiger partial charge in [-0.05, 0) is 131 Å². The van der Waals surface area contributed by atoms with Crippen LogP contribution in [0.4, 0.5) is 22.7 Å². The second kappa shape index (κ2) is 24.0. The predicted molar refractivity (Wildman–Crippen MR) is 349 cm³/mol. The molecule has 3 aliphatic heterocycles. The monoisotopic (exact) mass is 1120 g/mol. The van der Waals surface area contributed by atoms with Crippen molar-refractivity contribution in [2.75, 3.05) is 85.7 Å². The van der Waals surface area contributed by atoms with E-state index in [1.807, 2.05) is 55.6 Å². The Morgan fingerprint density at radius 1 is 0.541 bits per heavy atom. The van der Waals surface area contributed by atoms with Crippen LogP contribution in [0.1, 0.15) is 97.5 Å². The lowest BCUT2D eigenvalue weighted by Crippen LogP contribution is -2.46. The summed E-state index contributed by atoms with van der Waals surface area (Å²) < 4.78 is 26.4. The highest BCUT2D eigenvalue weighted by Gasteiger charge is 2.45. The Bertz CT molecular complexity index is 3830. The largest absolute Gasteiger partial charge is 0.494 e. The van der Waals surface area contributed by atoms with E-state index in [-0.39, 0.29) is 11.4 Å². The van der Waals surface area contributed by atoms with Crippen molar-refractivity contribution in [2.45, 2.75) is 70.3 Å². The number of benzene rings is 9. The van der Waals surface area contributed by atoms with E-state index in [2.05, 4.69) is 198 Å². The Morgan fingerprint density at radius 3 is 1.73 bits per heavy atom. The standard InChI is InChI=1S/C76H76N4O5/c1-5-6-7-8-9-18-53-83-62-37-29-55(30-38-62)54-25-27-56(28-26-54)74(81)84-63-39-35-61(36-40-63)79-49-51-80(52-50-79)68-42-41-65-70(73(68)82-4)69-64-23-16-17-24-67(64)75(2,3)71(69)66-43-44-76(85-72(65)66,57-19-12-10-13-20-57)58-31-33-60(34-32-58)78-47-45-77(46-48-78)59-21-14-11-15-22-59/h10-17,19-44H,5-9,18,45-53H2,1-4H3. The fourth-order valence-electron chi connectivity index (χ4n) is 13.6. The quantitative estimate of drug-likeness (QED) is 0.0475. The molecule has 9 aromatic carbocycles. The maximum atomic E-state index is 13.4. The minimum absolute atomic E-state index is 0.320. The summed E-state index contributed by atoms with van der Waals surface area (Å²) in [5.74, 6) is 2.73. The number of hydrogen-bond donors (Lipinski definition) is 0. The molecule has 0 N–H and O–H groups in total. The number of unbranched alkanes of at least 4 members (excludes halogenated alkanes) is 5. The van der Waals surface area contributed by atoms with E-state index in [4.69, 9.17) is 18.9 Å². The molecule has 2 fully saturated rings. The van der Waals surface area contributed by atoms with Crippen molar-refractivity contribution in [1.29, 1.82) is 0 Å². The number of carbonyl (C=O) groups is 1. The van der Waals surface area contributed by atoms with Crippen LogP contribution in [0.15, 0.2) is 200 Å². The zero-order valence-electron chi connectivity index (χ0n) is 49.6. The van der Waals surface area contributed by atoms with Crippen molar-refractivity contribution in [3.8, 4) is 45.3 Å². The molecule has 1 atom stereocenters. The highest BCUT2D eigenvalue weighted by Crippen LogP contribution is 2.60. The SMILES string of the molecule is CCCCCCCCOc1ccc(-c2ccc(C(=O)Oc3ccc(N4CCN(c5ccc6c7c(c8c(c6c5OC)-c5ccccc5C8(C)C)C=CC(c5ccccc5)(c5ccc(N6CCN(c8ccccc8)CC6)cc5)O7)CC4)cc3)cc2)cc1. The fourth-order valence-corrected chi connectivity index (χ4v) is 13.6. The number of esters is 1. The number of piperazine rings is 2. The summed E-state index contributed by atoms with van der Waals surface area (Å²) in [4.78, 5) is 23.2. The minimum Gasteiger partial charge on any atom is -0.494 e. The molecular weight excluding hydrogens is 1050 g/mol. The Morgan fingerprint density at radius 2 is 1.08 bits per heavy atom. The zero-order chi connectivity index (χ0) is 57.9. The molecule has 0 radical (unpaired) electrons. The van der Waals surface area contributed by atoms with Crippen molar-refractivity contribution in [3.05, 3.63) is 234 Å². The molecule has 3 heterocycles. The van der Waals surface area contributed by atoms with Crippen molar-refractivity contribution < 1.29 is 23.7 Å². The number of methoxy groups -OCH3 is 1. The van der Waals surface area contributed by atoms with Gasteiger partial charge in [0.1, 0.15) is 17.2 Å². The number of hydrogen-bond acceptors (Lipinski definition) is 9. The molecule has 13 rings (SSSR count). The molecule has 0 spiro atoms. The third kappa shape index (κ3) is 10.7. The van der Waals surface area contributed by atoms with Gasteiger partial charge in [0.05, 0.1) is 25.0 Å². The number of anilines is 4. The Hall–Kier alpha value is -8.95. The highest BCUT2D eigenvalue weighted by atomic mass is 16.5. The van der Waals surface area contributed by atoms with E-state index in [0.29, 0.717) is 11.3 Å². The van der Waals surface area contributed by atoms with E-state index in [9.17, 15) is 4.79 Å². The van der Waals surface area contributed by atoms with Gasteiger partial charge in [-0.15, -0.1) is 0 Å². The topological polar surface area (TPSA) is 67.0 Å². The molecule has 0 amide bonds. The highest BCUT2D eigenvalue weighted by molar-refractivity contribution is 6.13. The Kier molecular flexibility index (Phi) is 15.6. The molecule has 430 valence electrons. The summed E-state index contributed by atoms with van der Waals surface area (Å²) in [6.07, 6.45) is 12.1. The summed E-state index contributed by atoms with van der Waals surface area (Å²) in [6.45, 7) is 14.7. The minimum atomic E-state index is -0.901. The number of rotatable bonds is 18. The first-order chi connectivity index (χ1) is 41.7. The van der Waals surface area contributed by atoms with Crippen LogP contribution in [0.2, 0.25) is 0 Å². The summed E-state index contributed by atoms with van der Waals surface area (Å²) in [6, 6.07) is 67.6. The Balaban J connectivity index is 0.724. The summed E-state index contributed by atoms with van der Waals surface area (Å²) in [7, 11) is 1.82. The van der Waals surface area contributed by atoms with Crippen molar-refractivity contribution in [1.82, 2.24) is 0 Å².